The maximum Gasteiger partial charge on any atom is 0.227 e. The average Bonchev–Trinajstić information content (AvgIpc) is 2.70. The van der Waals surface area contributed by atoms with Crippen LogP contribution in [0.25, 0.3) is 0 Å². The minimum absolute atomic E-state index is 0.0174. The number of amides is 2. The Bertz CT molecular complexity index is 754. The van der Waals surface area contributed by atoms with Crippen LogP contribution < -0.4 is 5.32 Å². The maximum atomic E-state index is 12.4. The molecule has 142 valence electrons. The Hall–Kier alpha value is -2.27. The zero-order valence-electron chi connectivity index (χ0n) is 15.7. The first kappa shape index (κ1) is 19.5. The SMILES string of the molecule is Cc1ccc(SCCC(=O)N2CCC(C(=O)Nc3ccccc3)CC2)cc1. The molecule has 1 fully saturated rings. The molecule has 0 saturated carbocycles. The number of thioether (sulfide) groups is 1. The van der Waals surface area contributed by atoms with Crippen molar-refractivity contribution >= 4 is 29.3 Å². The number of rotatable bonds is 6. The van der Waals surface area contributed by atoms with Gasteiger partial charge in [-0.1, -0.05) is 35.9 Å². The Morgan fingerprint density at radius 3 is 2.37 bits per heavy atom. The predicted molar refractivity (Wildman–Crippen MR) is 111 cm³/mol. The zero-order valence-corrected chi connectivity index (χ0v) is 16.5. The highest BCUT2D eigenvalue weighted by atomic mass is 32.2. The molecule has 4 nitrogen and oxygen atoms in total. The van der Waals surface area contributed by atoms with Crippen molar-refractivity contribution in [2.75, 3.05) is 24.2 Å². The van der Waals surface area contributed by atoms with Gasteiger partial charge in [0.1, 0.15) is 0 Å². The molecule has 0 spiro atoms. The summed E-state index contributed by atoms with van der Waals surface area (Å²) in [5.74, 6) is 1.02. The Kier molecular flexibility index (Phi) is 6.93. The smallest absolute Gasteiger partial charge is 0.227 e. The van der Waals surface area contributed by atoms with Gasteiger partial charge in [0, 0.05) is 41.8 Å². The summed E-state index contributed by atoms with van der Waals surface area (Å²) in [5.41, 5.74) is 2.07. The van der Waals surface area contributed by atoms with Gasteiger partial charge in [-0.2, -0.15) is 0 Å². The van der Waals surface area contributed by atoms with E-state index in [0.29, 0.717) is 19.5 Å². The van der Waals surface area contributed by atoms with Crippen LogP contribution in [-0.4, -0.2) is 35.6 Å². The predicted octanol–water partition coefficient (Wildman–Crippen LogP) is 4.35. The molecule has 0 bridgehead atoms. The van der Waals surface area contributed by atoms with Crippen LogP contribution in [0.3, 0.4) is 0 Å². The third kappa shape index (κ3) is 5.86. The molecular formula is C22H26N2O2S. The van der Waals surface area contributed by atoms with Gasteiger partial charge in [0.25, 0.3) is 0 Å². The number of hydrogen-bond donors (Lipinski definition) is 1. The number of para-hydroxylation sites is 1. The molecule has 1 heterocycles. The fourth-order valence-corrected chi connectivity index (χ4v) is 4.05. The first-order chi connectivity index (χ1) is 13.1. The van der Waals surface area contributed by atoms with Gasteiger partial charge in [-0.25, -0.2) is 0 Å². The van der Waals surface area contributed by atoms with E-state index < -0.39 is 0 Å². The van der Waals surface area contributed by atoms with Crippen LogP contribution in [0.1, 0.15) is 24.8 Å². The minimum atomic E-state index is -0.0174. The number of nitrogens with zero attached hydrogens (tertiary/aromatic N) is 1. The van der Waals surface area contributed by atoms with E-state index in [1.807, 2.05) is 35.2 Å². The quantitative estimate of drug-likeness (QED) is 0.756. The van der Waals surface area contributed by atoms with Gasteiger partial charge in [-0.3, -0.25) is 9.59 Å². The summed E-state index contributed by atoms with van der Waals surface area (Å²) in [5, 5.41) is 2.97. The van der Waals surface area contributed by atoms with E-state index in [-0.39, 0.29) is 17.7 Å². The molecule has 0 atom stereocenters. The summed E-state index contributed by atoms with van der Waals surface area (Å²) in [6.45, 7) is 3.41. The van der Waals surface area contributed by atoms with E-state index >= 15 is 0 Å². The number of carbonyl (C=O) groups excluding carboxylic acids is 2. The molecule has 0 aliphatic carbocycles. The van der Waals surface area contributed by atoms with Crippen molar-refractivity contribution in [2.45, 2.75) is 31.1 Å². The molecule has 2 aromatic rings. The second-order valence-corrected chi connectivity index (χ2v) is 8.09. The molecule has 2 amide bonds. The van der Waals surface area contributed by atoms with Crippen LogP contribution >= 0.6 is 11.8 Å². The molecular weight excluding hydrogens is 356 g/mol. The van der Waals surface area contributed by atoms with E-state index in [1.165, 1.54) is 10.5 Å². The normalized spacial score (nSPS) is 14.8. The summed E-state index contributed by atoms with van der Waals surface area (Å²) in [4.78, 5) is 27.9. The first-order valence-electron chi connectivity index (χ1n) is 9.45. The van der Waals surface area contributed by atoms with Crippen molar-refractivity contribution < 1.29 is 9.59 Å². The number of carbonyl (C=O) groups is 2. The Morgan fingerprint density at radius 1 is 1.04 bits per heavy atom. The molecule has 1 N–H and O–H groups in total. The van der Waals surface area contributed by atoms with Crippen LogP contribution in [0.2, 0.25) is 0 Å². The molecule has 0 unspecified atom stereocenters. The van der Waals surface area contributed by atoms with Crippen molar-refractivity contribution in [1.29, 1.82) is 0 Å². The molecule has 2 aromatic carbocycles. The van der Waals surface area contributed by atoms with E-state index in [1.54, 1.807) is 11.8 Å². The van der Waals surface area contributed by atoms with Crippen molar-refractivity contribution in [2.24, 2.45) is 5.92 Å². The number of nitrogens with one attached hydrogen (secondary N) is 1. The fourth-order valence-electron chi connectivity index (χ4n) is 3.21. The Balaban J connectivity index is 1.38. The van der Waals surface area contributed by atoms with Crippen molar-refractivity contribution in [3.63, 3.8) is 0 Å². The lowest BCUT2D eigenvalue weighted by molar-refractivity contribution is -0.134. The average molecular weight is 383 g/mol. The van der Waals surface area contributed by atoms with Crippen LogP contribution in [0.15, 0.2) is 59.5 Å². The van der Waals surface area contributed by atoms with E-state index in [4.69, 9.17) is 0 Å². The van der Waals surface area contributed by atoms with E-state index in [9.17, 15) is 9.59 Å². The summed E-state index contributed by atoms with van der Waals surface area (Å²) in [7, 11) is 0. The number of piperidine rings is 1. The van der Waals surface area contributed by atoms with E-state index in [2.05, 4.69) is 36.5 Å². The van der Waals surface area contributed by atoms with Gasteiger partial charge < -0.3 is 10.2 Å². The molecule has 5 heteroatoms. The van der Waals surface area contributed by atoms with Crippen LogP contribution in [0, 0.1) is 12.8 Å². The van der Waals surface area contributed by atoms with Gasteiger partial charge in [0.2, 0.25) is 11.8 Å². The molecule has 0 aromatic heterocycles. The third-order valence-corrected chi connectivity index (χ3v) is 5.88. The maximum absolute atomic E-state index is 12.4. The molecule has 1 aliphatic heterocycles. The van der Waals surface area contributed by atoms with Gasteiger partial charge >= 0.3 is 0 Å². The highest BCUT2D eigenvalue weighted by molar-refractivity contribution is 7.99. The van der Waals surface area contributed by atoms with Gasteiger partial charge in [0.05, 0.1) is 0 Å². The van der Waals surface area contributed by atoms with Gasteiger partial charge in [0.15, 0.2) is 0 Å². The summed E-state index contributed by atoms with van der Waals surface area (Å²) in [6, 6.07) is 17.9. The monoisotopic (exact) mass is 382 g/mol. The summed E-state index contributed by atoms with van der Waals surface area (Å²) >= 11 is 1.72. The number of benzene rings is 2. The van der Waals surface area contributed by atoms with Crippen LogP contribution in [-0.2, 0) is 9.59 Å². The molecule has 1 saturated heterocycles. The van der Waals surface area contributed by atoms with Crippen LogP contribution in [0.5, 0.6) is 0 Å². The first-order valence-corrected chi connectivity index (χ1v) is 10.4. The lowest BCUT2D eigenvalue weighted by Crippen LogP contribution is -2.41. The lowest BCUT2D eigenvalue weighted by Gasteiger charge is -2.31. The van der Waals surface area contributed by atoms with E-state index in [0.717, 1.165) is 24.3 Å². The molecule has 0 radical (unpaired) electrons. The number of anilines is 1. The minimum Gasteiger partial charge on any atom is -0.343 e. The van der Waals surface area contributed by atoms with Crippen molar-refractivity contribution in [1.82, 2.24) is 4.90 Å². The van der Waals surface area contributed by atoms with Crippen molar-refractivity contribution in [3.8, 4) is 0 Å². The highest BCUT2D eigenvalue weighted by Crippen LogP contribution is 2.22. The fraction of sp³-hybridized carbons (Fsp3) is 0.364. The topological polar surface area (TPSA) is 49.4 Å². The third-order valence-electron chi connectivity index (χ3n) is 4.87. The second-order valence-electron chi connectivity index (χ2n) is 6.92. The molecule has 27 heavy (non-hydrogen) atoms. The van der Waals surface area contributed by atoms with Gasteiger partial charge in [-0.05, 0) is 44.0 Å². The Labute approximate surface area is 165 Å². The van der Waals surface area contributed by atoms with Gasteiger partial charge in [-0.15, -0.1) is 11.8 Å². The zero-order chi connectivity index (χ0) is 19.1. The number of hydrogen-bond acceptors (Lipinski definition) is 3. The highest BCUT2D eigenvalue weighted by Gasteiger charge is 2.27. The Morgan fingerprint density at radius 2 is 1.70 bits per heavy atom. The number of likely N-dealkylation sites (tertiary alicyclic amines) is 1. The largest absolute Gasteiger partial charge is 0.343 e. The standard InChI is InChI=1S/C22H26N2O2S/c1-17-7-9-20(10-8-17)27-16-13-21(25)24-14-11-18(12-15-24)22(26)23-19-5-3-2-4-6-19/h2-10,18H,11-16H2,1H3,(H,23,26). The summed E-state index contributed by atoms with van der Waals surface area (Å²) in [6.07, 6.45) is 2.00. The number of aryl methyl sites for hydroxylation is 1. The lowest BCUT2D eigenvalue weighted by atomic mass is 9.95. The molecule has 1 aliphatic rings. The second kappa shape index (κ2) is 9.60. The summed E-state index contributed by atoms with van der Waals surface area (Å²) < 4.78 is 0. The molecule has 3 rings (SSSR count). The van der Waals surface area contributed by atoms with Crippen molar-refractivity contribution in [3.05, 3.63) is 60.2 Å². The van der Waals surface area contributed by atoms with Crippen LogP contribution in [0.4, 0.5) is 5.69 Å².